The number of rotatable bonds is 4. The number of pyridine rings is 1. The third-order valence-corrected chi connectivity index (χ3v) is 4.33. The first-order chi connectivity index (χ1) is 11.8. The molecule has 0 radical (unpaired) electrons. The largest absolute Gasteiger partial charge is 0.486 e. The van der Waals surface area contributed by atoms with Crippen LogP contribution in [0.1, 0.15) is 17.7 Å². The fraction of sp³-hybridized carbons (Fsp3) is 0.250. The number of para-hydroxylation sites is 3. The summed E-state index contributed by atoms with van der Waals surface area (Å²) in [5.74, 6) is 1.59. The summed E-state index contributed by atoms with van der Waals surface area (Å²) in [7, 11) is 0. The zero-order valence-electron chi connectivity index (χ0n) is 13.3. The van der Waals surface area contributed by atoms with Gasteiger partial charge in [0.2, 0.25) is 0 Å². The van der Waals surface area contributed by atoms with E-state index in [1.165, 1.54) is 0 Å². The van der Waals surface area contributed by atoms with Gasteiger partial charge < -0.3 is 14.6 Å². The van der Waals surface area contributed by atoms with E-state index in [0.29, 0.717) is 6.61 Å². The van der Waals surface area contributed by atoms with E-state index in [0.717, 1.165) is 46.5 Å². The molecule has 0 spiro atoms. The third-order valence-electron chi connectivity index (χ3n) is 4.33. The first-order valence-corrected chi connectivity index (χ1v) is 8.20. The number of aliphatic hydroxyl groups is 1. The van der Waals surface area contributed by atoms with Crippen molar-refractivity contribution in [2.75, 3.05) is 6.61 Å². The lowest BCUT2D eigenvalue weighted by molar-refractivity contribution is 0.0848. The number of nitrogens with zero attached hydrogens (tertiary/aromatic N) is 1. The Morgan fingerprint density at radius 3 is 2.71 bits per heavy atom. The zero-order valence-corrected chi connectivity index (χ0v) is 13.3. The van der Waals surface area contributed by atoms with Crippen LogP contribution in [0.15, 0.2) is 54.6 Å². The Morgan fingerprint density at radius 1 is 1.04 bits per heavy atom. The molecule has 4 nitrogen and oxygen atoms in total. The average molecular weight is 321 g/mol. The topological polar surface area (TPSA) is 51.6 Å². The van der Waals surface area contributed by atoms with Gasteiger partial charge in [0.15, 0.2) is 11.5 Å². The molecule has 1 atom stereocenters. The van der Waals surface area contributed by atoms with Gasteiger partial charge >= 0.3 is 0 Å². The molecular weight excluding hydrogens is 302 g/mol. The fourth-order valence-corrected chi connectivity index (χ4v) is 3.06. The second kappa shape index (κ2) is 6.49. The van der Waals surface area contributed by atoms with Crippen LogP contribution in [0.25, 0.3) is 10.9 Å². The van der Waals surface area contributed by atoms with Crippen LogP contribution in [-0.4, -0.2) is 22.8 Å². The summed E-state index contributed by atoms with van der Waals surface area (Å²) >= 11 is 0. The maximum Gasteiger partial charge on any atom is 0.161 e. The molecule has 2 aromatic carbocycles. The molecule has 1 aliphatic rings. The Balaban J connectivity index is 1.51. The van der Waals surface area contributed by atoms with Gasteiger partial charge in [-0.25, -0.2) is 0 Å². The molecule has 4 rings (SSSR count). The summed E-state index contributed by atoms with van der Waals surface area (Å²) in [6.07, 6.45) is 1.54. The first-order valence-electron chi connectivity index (χ1n) is 8.20. The molecule has 0 fully saturated rings. The molecule has 1 unspecified atom stereocenters. The van der Waals surface area contributed by atoms with Crippen LogP contribution in [0.4, 0.5) is 0 Å². The predicted octanol–water partition coefficient (Wildman–Crippen LogP) is 3.50. The average Bonchev–Trinajstić information content (AvgIpc) is 2.65. The molecule has 0 aliphatic carbocycles. The molecule has 0 saturated carbocycles. The van der Waals surface area contributed by atoms with Crippen LogP contribution in [0.5, 0.6) is 11.5 Å². The highest BCUT2D eigenvalue weighted by atomic mass is 16.6. The SMILES string of the molecule is OCc1cc2ccccc2nc1CCC1COc2ccccc2O1. The molecule has 24 heavy (non-hydrogen) atoms. The number of ether oxygens (including phenoxy) is 2. The van der Waals surface area contributed by atoms with Gasteiger partial charge in [-0.15, -0.1) is 0 Å². The van der Waals surface area contributed by atoms with Crippen LogP contribution in [0.2, 0.25) is 0 Å². The Morgan fingerprint density at radius 2 is 1.83 bits per heavy atom. The number of aromatic nitrogens is 1. The highest BCUT2D eigenvalue weighted by Crippen LogP contribution is 2.32. The van der Waals surface area contributed by atoms with Crippen LogP contribution >= 0.6 is 0 Å². The van der Waals surface area contributed by atoms with Crippen LogP contribution in [0, 0.1) is 0 Å². The molecule has 1 aliphatic heterocycles. The first kappa shape index (κ1) is 15.0. The summed E-state index contributed by atoms with van der Waals surface area (Å²) in [6, 6.07) is 17.7. The van der Waals surface area contributed by atoms with Crippen molar-refractivity contribution >= 4 is 10.9 Å². The van der Waals surface area contributed by atoms with Crippen molar-refractivity contribution in [2.45, 2.75) is 25.6 Å². The van der Waals surface area contributed by atoms with Crippen LogP contribution in [0.3, 0.4) is 0 Å². The maximum atomic E-state index is 9.65. The van der Waals surface area contributed by atoms with E-state index in [2.05, 4.69) is 0 Å². The van der Waals surface area contributed by atoms with Gasteiger partial charge in [-0.1, -0.05) is 30.3 Å². The number of aryl methyl sites for hydroxylation is 1. The Labute approximate surface area is 140 Å². The molecule has 122 valence electrons. The minimum Gasteiger partial charge on any atom is -0.486 e. The summed E-state index contributed by atoms with van der Waals surface area (Å²) < 4.78 is 11.8. The van der Waals surface area contributed by atoms with E-state index >= 15 is 0 Å². The minimum atomic E-state index is -0.00196. The molecule has 0 saturated heterocycles. The standard InChI is InChI=1S/C20H19NO3/c22-12-15-11-14-5-1-2-6-17(14)21-18(15)10-9-16-13-23-19-7-3-4-8-20(19)24-16/h1-8,11,16,22H,9-10,12-13H2. The smallest absolute Gasteiger partial charge is 0.161 e. The van der Waals surface area contributed by atoms with E-state index in [1.54, 1.807) is 0 Å². The van der Waals surface area contributed by atoms with E-state index in [1.807, 2.05) is 54.6 Å². The van der Waals surface area contributed by atoms with Gasteiger partial charge in [0.1, 0.15) is 12.7 Å². The summed E-state index contributed by atoms with van der Waals surface area (Å²) in [5, 5.41) is 10.7. The number of hydrogen-bond acceptors (Lipinski definition) is 4. The van der Waals surface area contributed by atoms with E-state index in [4.69, 9.17) is 14.5 Å². The van der Waals surface area contributed by atoms with Gasteiger partial charge in [-0.05, 0) is 42.7 Å². The predicted molar refractivity (Wildman–Crippen MR) is 92.3 cm³/mol. The lowest BCUT2D eigenvalue weighted by Gasteiger charge is -2.26. The Bertz CT molecular complexity index is 862. The monoisotopic (exact) mass is 321 g/mol. The molecule has 4 heteroatoms. The molecule has 1 N–H and O–H groups in total. The second-order valence-corrected chi connectivity index (χ2v) is 5.98. The van der Waals surface area contributed by atoms with Gasteiger partial charge in [0, 0.05) is 11.1 Å². The van der Waals surface area contributed by atoms with Crippen LogP contribution < -0.4 is 9.47 Å². The molecule has 2 heterocycles. The van der Waals surface area contributed by atoms with Gasteiger partial charge in [0.05, 0.1) is 12.1 Å². The number of benzene rings is 2. The summed E-state index contributed by atoms with van der Waals surface area (Å²) in [4.78, 5) is 4.72. The number of hydrogen-bond donors (Lipinski definition) is 1. The summed E-state index contributed by atoms with van der Waals surface area (Å²) in [5.41, 5.74) is 2.76. The normalized spacial score (nSPS) is 16.3. The van der Waals surface area contributed by atoms with E-state index in [-0.39, 0.29) is 12.7 Å². The van der Waals surface area contributed by atoms with Gasteiger partial charge in [-0.3, -0.25) is 4.98 Å². The zero-order chi connectivity index (χ0) is 16.4. The van der Waals surface area contributed by atoms with Crippen molar-refractivity contribution in [3.05, 3.63) is 65.9 Å². The number of aliphatic hydroxyl groups excluding tert-OH is 1. The third kappa shape index (κ3) is 2.93. The van der Waals surface area contributed by atoms with Crippen LogP contribution in [-0.2, 0) is 13.0 Å². The van der Waals surface area contributed by atoms with E-state index in [9.17, 15) is 5.11 Å². The van der Waals surface area contributed by atoms with E-state index < -0.39 is 0 Å². The molecule has 1 aromatic heterocycles. The van der Waals surface area contributed by atoms with Crippen molar-refractivity contribution in [2.24, 2.45) is 0 Å². The minimum absolute atomic E-state index is 0.000266. The lowest BCUT2D eigenvalue weighted by atomic mass is 10.0. The highest BCUT2D eigenvalue weighted by Gasteiger charge is 2.21. The van der Waals surface area contributed by atoms with Crippen molar-refractivity contribution < 1.29 is 14.6 Å². The van der Waals surface area contributed by atoms with Gasteiger partial charge in [0.25, 0.3) is 0 Å². The number of fused-ring (bicyclic) bond motifs is 2. The van der Waals surface area contributed by atoms with Crippen molar-refractivity contribution in [1.29, 1.82) is 0 Å². The van der Waals surface area contributed by atoms with Crippen molar-refractivity contribution in [3.8, 4) is 11.5 Å². The molecule has 0 amide bonds. The molecular formula is C20H19NO3. The van der Waals surface area contributed by atoms with Crippen molar-refractivity contribution in [1.82, 2.24) is 4.98 Å². The van der Waals surface area contributed by atoms with Gasteiger partial charge in [-0.2, -0.15) is 0 Å². The quantitative estimate of drug-likeness (QED) is 0.799. The Hall–Kier alpha value is -2.59. The molecule has 0 bridgehead atoms. The second-order valence-electron chi connectivity index (χ2n) is 5.98. The summed E-state index contributed by atoms with van der Waals surface area (Å²) in [6.45, 7) is 0.539. The fourth-order valence-electron chi connectivity index (χ4n) is 3.06. The highest BCUT2D eigenvalue weighted by molar-refractivity contribution is 5.79. The maximum absolute atomic E-state index is 9.65. The molecule has 3 aromatic rings. The van der Waals surface area contributed by atoms with Crippen molar-refractivity contribution in [3.63, 3.8) is 0 Å². The lowest BCUT2D eigenvalue weighted by Crippen LogP contribution is -2.29. The Kier molecular flexibility index (Phi) is 4.05.